The summed E-state index contributed by atoms with van der Waals surface area (Å²) >= 11 is 3.19. The smallest absolute Gasteiger partial charge is 0.162 e. The summed E-state index contributed by atoms with van der Waals surface area (Å²) in [5.74, 6) is -1.06. The summed E-state index contributed by atoms with van der Waals surface area (Å²) in [5, 5.41) is 3.28. The molecule has 1 aliphatic heterocycles. The molecule has 16 heavy (non-hydrogen) atoms. The van der Waals surface area contributed by atoms with Crippen LogP contribution in [-0.4, -0.2) is 13.1 Å². The van der Waals surface area contributed by atoms with Gasteiger partial charge in [0.2, 0.25) is 0 Å². The van der Waals surface area contributed by atoms with Gasteiger partial charge in [0.05, 0.1) is 0 Å². The molecule has 1 heterocycles. The molecule has 0 aliphatic carbocycles. The zero-order chi connectivity index (χ0) is 11.5. The Bertz CT molecular complexity index is 376. The maximum Gasteiger partial charge on any atom is 0.162 e. The van der Waals surface area contributed by atoms with E-state index in [0.29, 0.717) is 22.4 Å². The molecule has 1 nitrogen and oxygen atoms in total. The molecule has 1 aromatic carbocycles. The van der Waals surface area contributed by atoms with Crippen molar-refractivity contribution in [2.24, 2.45) is 5.92 Å². The number of piperidine rings is 1. The van der Waals surface area contributed by atoms with Crippen LogP contribution in [0.3, 0.4) is 0 Å². The summed E-state index contributed by atoms with van der Waals surface area (Å²) < 4.78 is 27.3. The van der Waals surface area contributed by atoms with Crippen LogP contribution in [0.5, 0.6) is 0 Å². The largest absolute Gasteiger partial charge is 0.316 e. The van der Waals surface area contributed by atoms with Crippen LogP contribution < -0.4 is 5.32 Å². The van der Waals surface area contributed by atoms with E-state index >= 15 is 0 Å². The van der Waals surface area contributed by atoms with Crippen molar-refractivity contribution >= 4 is 15.9 Å². The Balaban J connectivity index is 2.13. The van der Waals surface area contributed by atoms with E-state index in [2.05, 4.69) is 21.2 Å². The normalized spacial score (nSPS) is 21.1. The Morgan fingerprint density at radius 1 is 1.38 bits per heavy atom. The molecule has 0 radical (unpaired) electrons. The van der Waals surface area contributed by atoms with Crippen LogP contribution in [0.4, 0.5) is 8.78 Å². The highest BCUT2D eigenvalue weighted by Gasteiger charge is 2.17. The lowest BCUT2D eigenvalue weighted by Crippen LogP contribution is -2.31. The number of benzene rings is 1. The number of halogens is 3. The average molecular weight is 290 g/mol. The number of rotatable bonds is 2. The summed E-state index contributed by atoms with van der Waals surface area (Å²) in [6, 6.07) is 2.84. The SMILES string of the molecule is Fc1cc(Br)cc(CC2CCCNC2)c1F. The highest BCUT2D eigenvalue weighted by Crippen LogP contribution is 2.23. The molecule has 0 spiro atoms. The first-order valence-corrected chi connectivity index (χ1v) is 6.30. The zero-order valence-corrected chi connectivity index (χ0v) is 10.5. The molecule has 4 heteroatoms. The third kappa shape index (κ3) is 2.80. The van der Waals surface area contributed by atoms with E-state index in [1.165, 1.54) is 0 Å². The third-order valence-corrected chi connectivity index (χ3v) is 3.43. The highest BCUT2D eigenvalue weighted by molar-refractivity contribution is 9.10. The third-order valence-electron chi connectivity index (χ3n) is 2.98. The van der Waals surface area contributed by atoms with Crippen molar-refractivity contribution in [3.05, 3.63) is 33.8 Å². The van der Waals surface area contributed by atoms with Gasteiger partial charge in [-0.1, -0.05) is 15.9 Å². The van der Waals surface area contributed by atoms with Gasteiger partial charge in [-0.2, -0.15) is 0 Å². The second-order valence-electron chi connectivity index (χ2n) is 4.28. The Hall–Kier alpha value is -0.480. The molecular weight excluding hydrogens is 276 g/mol. The summed E-state index contributed by atoms with van der Waals surface area (Å²) in [6.07, 6.45) is 2.80. The Morgan fingerprint density at radius 2 is 2.19 bits per heavy atom. The number of hydrogen-bond donors (Lipinski definition) is 1. The van der Waals surface area contributed by atoms with E-state index in [4.69, 9.17) is 0 Å². The molecule has 2 rings (SSSR count). The molecule has 0 amide bonds. The van der Waals surface area contributed by atoms with Gasteiger partial charge in [-0.25, -0.2) is 8.78 Å². The maximum absolute atomic E-state index is 13.5. The van der Waals surface area contributed by atoms with E-state index in [-0.39, 0.29) is 0 Å². The standard InChI is InChI=1S/C12H14BrF2N/c13-10-5-9(12(15)11(14)6-10)4-8-2-1-3-16-7-8/h5-6,8,16H,1-4,7H2. The van der Waals surface area contributed by atoms with E-state index in [9.17, 15) is 8.78 Å². The summed E-state index contributed by atoms with van der Waals surface area (Å²) in [4.78, 5) is 0. The molecule has 0 aromatic heterocycles. The van der Waals surface area contributed by atoms with Crippen molar-refractivity contribution in [2.45, 2.75) is 19.3 Å². The van der Waals surface area contributed by atoms with Gasteiger partial charge in [0.1, 0.15) is 0 Å². The summed E-state index contributed by atoms with van der Waals surface area (Å²) in [7, 11) is 0. The molecular formula is C12H14BrF2N. The molecule has 1 atom stereocenters. The molecule has 0 saturated carbocycles. The lowest BCUT2D eigenvalue weighted by atomic mass is 9.92. The maximum atomic E-state index is 13.5. The molecule has 1 aliphatic rings. The topological polar surface area (TPSA) is 12.0 Å². The summed E-state index contributed by atoms with van der Waals surface area (Å²) in [6.45, 7) is 1.93. The predicted octanol–water partition coefficient (Wildman–Crippen LogP) is 3.27. The minimum Gasteiger partial charge on any atom is -0.316 e. The first-order valence-electron chi connectivity index (χ1n) is 5.51. The van der Waals surface area contributed by atoms with Crippen molar-refractivity contribution in [1.82, 2.24) is 5.32 Å². The lowest BCUT2D eigenvalue weighted by molar-refractivity contribution is 0.369. The van der Waals surface area contributed by atoms with Crippen LogP contribution in [0.1, 0.15) is 18.4 Å². The molecule has 1 unspecified atom stereocenters. The molecule has 1 fully saturated rings. The summed E-state index contributed by atoms with van der Waals surface area (Å²) in [5.41, 5.74) is 0.473. The van der Waals surface area contributed by atoms with Gasteiger partial charge in [-0.3, -0.25) is 0 Å². The van der Waals surface area contributed by atoms with Gasteiger partial charge in [-0.05, 0) is 56.0 Å². The molecule has 0 bridgehead atoms. The minimum atomic E-state index is -0.770. The van der Waals surface area contributed by atoms with E-state index < -0.39 is 11.6 Å². The minimum absolute atomic E-state index is 0.414. The lowest BCUT2D eigenvalue weighted by Gasteiger charge is -2.23. The zero-order valence-electron chi connectivity index (χ0n) is 8.90. The van der Waals surface area contributed by atoms with Gasteiger partial charge in [0, 0.05) is 4.47 Å². The van der Waals surface area contributed by atoms with E-state index in [0.717, 1.165) is 32.0 Å². The van der Waals surface area contributed by atoms with Crippen LogP contribution in [0.15, 0.2) is 16.6 Å². The van der Waals surface area contributed by atoms with Crippen molar-refractivity contribution in [3.8, 4) is 0 Å². The van der Waals surface area contributed by atoms with Crippen molar-refractivity contribution in [3.63, 3.8) is 0 Å². The van der Waals surface area contributed by atoms with Crippen LogP contribution in [0, 0.1) is 17.6 Å². The fourth-order valence-corrected chi connectivity index (χ4v) is 2.64. The van der Waals surface area contributed by atoms with Crippen LogP contribution in [0.2, 0.25) is 0 Å². The van der Waals surface area contributed by atoms with E-state index in [1.54, 1.807) is 6.07 Å². The van der Waals surface area contributed by atoms with Gasteiger partial charge >= 0.3 is 0 Å². The quantitative estimate of drug-likeness (QED) is 0.824. The van der Waals surface area contributed by atoms with Crippen molar-refractivity contribution in [2.75, 3.05) is 13.1 Å². The van der Waals surface area contributed by atoms with E-state index in [1.807, 2.05) is 0 Å². The van der Waals surface area contributed by atoms with Crippen LogP contribution in [-0.2, 0) is 6.42 Å². The fraction of sp³-hybridized carbons (Fsp3) is 0.500. The second-order valence-corrected chi connectivity index (χ2v) is 5.19. The highest BCUT2D eigenvalue weighted by atomic mass is 79.9. The Labute approximate surface area is 102 Å². The second kappa shape index (κ2) is 5.23. The van der Waals surface area contributed by atoms with Crippen molar-refractivity contribution < 1.29 is 8.78 Å². The number of nitrogens with one attached hydrogen (secondary N) is 1. The first-order chi connectivity index (χ1) is 7.66. The van der Waals surface area contributed by atoms with Gasteiger partial charge in [0.25, 0.3) is 0 Å². The molecule has 88 valence electrons. The molecule has 1 aromatic rings. The van der Waals surface area contributed by atoms with Gasteiger partial charge in [-0.15, -0.1) is 0 Å². The Kier molecular flexibility index (Phi) is 3.92. The first kappa shape index (κ1) is 12.0. The number of hydrogen-bond acceptors (Lipinski definition) is 1. The Morgan fingerprint density at radius 3 is 2.88 bits per heavy atom. The van der Waals surface area contributed by atoms with Gasteiger partial charge in [0.15, 0.2) is 11.6 Å². The van der Waals surface area contributed by atoms with Crippen LogP contribution in [0.25, 0.3) is 0 Å². The van der Waals surface area contributed by atoms with Crippen molar-refractivity contribution in [1.29, 1.82) is 0 Å². The molecule has 1 N–H and O–H groups in total. The van der Waals surface area contributed by atoms with Gasteiger partial charge < -0.3 is 5.32 Å². The van der Waals surface area contributed by atoms with Crippen LogP contribution >= 0.6 is 15.9 Å². The predicted molar refractivity (Wildman–Crippen MR) is 63.4 cm³/mol. The average Bonchev–Trinajstić information content (AvgIpc) is 2.27. The fourth-order valence-electron chi connectivity index (χ4n) is 2.17. The molecule has 1 saturated heterocycles. The monoisotopic (exact) mass is 289 g/mol.